The number of hydrogen-bond acceptors (Lipinski definition) is 6. The molecule has 0 aliphatic rings. The topological polar surface area (TPSA) is 64.1 Å². The Labute approximate surface area is 181 Å². The fourth-order valence-electron chi connectivity index (χ4n) is 2.94. The van der Waals surface area contributed by atoms with Crippen LogP contribution in [0.5, 0.6) is 5.75 Å². The molecule has 8 heteroatoms. The number of hydrogen-bond donors (Lipinski definition) is 1. The number of benzene rings is 2. The van der Waals surface area contributed by atoms with E-state index in [-0.39, 0.29) is 18.1 Å². The summed E-state index contributed by atoms with van der Waals surface area (Å²) in [5.41, 5.74) is 3.14. The molecular formula is C22H18FN3O2S2. The molecule has 1 amide bonds. The Morgan fingerprint density at radius 1 is 1.13 bits per heavy atom. The molecule has 0 unspecified atom stereocenters. The predicted octanol–water partition coefficient (Wildman–Crippen LogP) is 5.57. The van der Waals surface area contributed by atoms with Crippen molar-refractivity contribution in [3.63, 3.8) is 0 Å². The Bertz CT molecular complexity index is 1190. The highest BCUT2D eigenvalue weighted by Crippen LogP contribution is 2.31. The summed E-state index contributed by atoms with van der Waals surface area (Å²) < 4.78 is 18.6. The third-order valence-electron chi connectivity index (χ3n) is 4.37. The molecule has 0 aliphatic carbocycles. The second kappa shape index (κ2) is 8.73. The van der Waals surface area contributed by atoms with Gasteiger partial charge in [0.2, 0.25) is 5.91 Å². The molecule has 0 atom stereocenters. The summed E-state index contributed by atoms with van der Waals surface area (Å²) in [5, 5.41) is 5.90. The van der Waals surface area contributed by atoms with E-state index in [1.165, 1.54) is 34.8 Å². The summed E-state index contributed by atoms with van der Waals surface area (Å²) in [6, 6.07) is 13.9. The zero-order valence-corrected chi connectivity index (χ0v) is 17.9. The van der Waals surface area contributed by atoms with Crippen molar-refractivity contribution in [2.24, 2.45) is 0 Å². The minimum absolute atomic E-state index is 0.127. The van der Waals surface area contributed by atoms with Gasteiger partial charge in [-0.25, -0.2) is 14.4 Å². The van der Waals surface area contributed by atoms with Gasteiger partial charge in [0.15, 0.2) is 5.13 Å². The minimum atomic E-state index is -0.311. The van der Waals surface area contributed by atoms with Crippen LogP contribution in [0.15, 0.2) is 53.9 Å². The fourth-order valence-corrected chi connectivity index (χ4v) is 4.61. The van der Waals surface area contributed by atoms with E-state index in [1.54, 1.807) is 19.2 Å². The second-order valence-corrected chi connectivity index (χ2v) is 8.59. The number of aryl methyl sites for hydroxylation is 1. The first-order chi connectivity index (χ1) is 14.5. The van der Waals surface area contributed by atoms with Gasteiger partial charge >= 0.3 is 0 Å². The molecule has 5 nitrogen and oxygen atoms in total. The van der Waals surface area contributed by atoms with Crippen molar-refractivity contribution in [3.05, 3.63) is 70.3 Å². The first-order valence-corrected chi connectivity index (χ1v) is 10.8. The van der Waals surface area contributed by atoms with Crippen LogP contribution >= 0.6 is 22.7 Å². The predicted molar refractivity (Wildman–Crippen MR) is 119 cm³/mol. The van der Waals surface area contributed by atoms with Gasteiger partial charge in [-0.05, 0) is 43.3 Å². The average Bonchev–Trinajstić information content (AvgIpc) is 3.34. The minimum Gasteiger partial charge on any atom is -0.497 e. The van der Waals surface area contributed by atoms with Gasteiger partial charge in [-0.15, -0.1) is 22.7 Å². The van der Waals surface area contributed by atoms with Gasteiger partial charge in [-0.1, -0.05) is 12.1 Å². The van der Waals surface area contributed by atoms with Crippen molar-refractivity contribution in [2.45, 2.75) is 13.3 Å². The molecule has 1 N–H and O–H groups in total. The molecule has 0 radical (unpaired) electrons. The number of aromatic nitrogens is 2. The highest BCUT2D eigenvalue weighted by Gasteiger charge is 2.14. The summed E-state index contributed by atoms with van der Waals surface area (Å²) in [6.07, 6.45) is 0.127. The zero-order valence-electron chi connectivity index (χ0n) is 16.3. The van der Waals surface area contributed by atoms with E-state index in [0.29, 0.717) is 21.4 Å². The maximum Gasteiger partial charge on any atom is 0.232 e. The van der Waals surface area contributed by atoms with Crippen molar-refractivity contribution < 1.29 is 13.9 Å². The van der Waals surface area contributed by atoms with Crippen LogP contribution in [0.2, 0.25) is 0 Å². The Morgan fingerprint density at radius 2 is 1.93 bits per heavy atom. The molecule has 4 aromatic rings. The Morgan fingerprint density at radius 3 is 2.67 bits per heavy atom. The summed E-state index contributed by atoms with van der Waals surface area (Å²) in [6.45, 7) is 1.97. The number of thiazole rings is 2. The van der Waals surface area contributed by atoms with Crippen LogP contribution in [-0.4, -0.2) is 23.0 Å². The molecule has 152 valence electrons. The number of halogens is 1. The molecular weight excluding hydrogens is 421 g/mol. The number of nitrogens with zero attached hydrogens (tertiary/aromatic N) is 2. The lowest BCUT2D eigenvalue weighted by molar-refractivity contribution is -0.115. The van der Waals surface area contributed by atoms with Gasteiger partial charge in [-0.3, -0.25) is 4.79 Å². The average molecular weight is 440 g/mol. The van der Waals surface area contributed by atoms with Gasteiger partial charge in [0.05, 0.1) is 24.9 Å². The molecule has 0 saturated carbocycles. The quantitative estimate of drug-likeness (QED) is 0.427. The number of amides is 1. The second-order valence-electron chi connectivity index (χ2n) is 6.53. The molecule has 30 heavy (non-hydrogen) atoms. The number of carbonyl (C=O) groups is 1. The van der Waals surface area contributed by atoms with Crippen molar-refractivity contribution in [1.29, 1.82) is 0 Å². The maximum absolute atomic E-state index is 13.4. The lowest BCUT2D eigenvalue weighted by atomic mass is 10.1. The molecule has 0 spiro atoms. The van der Waals surface area contributed by atoms with Crippen LogP contribution in [-0.2, 0) is 11.2 Å². The number of ether oxygens (including phenoxy) is 1. The smallest absolute Gasteiger partial charge is 0.232 e. The van der Waals surface area contributed by atoms with Gasteiger partial charge in [0.25, 0.3) is 0 Å². The molecule has 0 fully saturated rings. The first-order valence-electron chi connectivity index (χ1n) is 9.14. The van der Waals surface area contributed by atoms with Crippen molar-refractivity contribution >= 4 is 33.7 Å². The van der Waals surface area contributed by atoms with Gasteiger partial charge in [0, 0.05) is 21.4 Å². The number of carbonyl (C=O) groups excluding carboxylic acids is 1. The standard InChI is InChI=1S/C22H18FN3O2S2/c1-13-20(14-6-8-18(28-2)9-7-14)26-22(30-13)25-19(27)11-17-12-29-21(24-17)15-4-3-5-16(23)10-15/h3-10,12H,11H2,1-2H3,(H,25,26,27). The van der Waals surface area contributed by atoms with E-state index in [9.17, 15) is 9.18 Å². The van der Waals surface area contributed by atoms with E-state index < -0.39 is 0 Å². The molecule has 2 heterocycles. The summed E-state index contributed by atoms with van der Waals surface area (Å²) >= 11 is 2.81. The third kappa shape index (κ3) is 4.55. The third-order valence-corrected chi connectivity index (χ3v) is 6.20. The van der Waals surface area contributed by atoms with E-state index in [0.717, 1.165) is 21.9 Å². The number of anilines is 1. The number of nitrogens with one attached hydrogen (secondary N) is 1. The summed E-state index contributed by atoms with van der Waals surface area (Å²) in [7, 11) is 1.63. The molecule has 2 aromatic carbocycles. The number of rotatable bonds is 6. The van der Waals surface area contributed by atoms with Crippen LogP contribution in [0.25, 0.3) is 21.8 Å². The lowest BCUT2D eigenvalue weighted by Crippen LogP contribution is -2.14. The largest absolute Gasteiger partial charge is 0.497 e. The van der Waals surface area contributed by atoms with Crippen molar-refractivity contribution in [1.82, 2.24) is 9.97 Å². The Hall–Kier alpha value is -3.10. The molecule has 0 saturated heterocycles. The van der Waals surface area contributed by atoms with E-state index in [1.807, 2.05) is 36.6 Å². The molecule has 4 rings (SSSR count). The van der Waals surface area contributed by atoms with Crippen LogP contribution < -0.4 is 10.1 Å². The van der Waals surface area contributed by atoms with Crippen LogP contribution in [0, 0.1) is 12.7 Å². The summed E-state index contributed by atoms with van der Waals surface area (Å²) in [5.74, 6) is 0.274. The maximum atomic E-state index is 13.4. The normalized spacial score (nSPS) is 10.8. The lowest BCUT2D eigenvalue weighted by Gasteiger charge is -2.02. The SMILES string of the molecule is COc1ccc(-c2nc(NC(=O)Cc3csc(-c4cccc(F)c4)n3)sc2C)cc1. The number of methoxy groups -OCH3 is 1. The monoisotopic (exact) mass is 439 g/mol. The van der Waals surface area contributed by atoms with Crippen LogP contribution in [0.1, 0.15) is 10.6 Å². The van der Waals surface area contributed by atoms with Crippen molar-refractivity contribution in [2.75, 3.05) is 12.4 Å². The van der Waals surface area contributed by atoms with E-state index >= 15 is 0 Å². The molecule has 2 aromatic heterocycles. The fraction of sp³-hybridized carbons (Fsp3) is 0.136. The highest BCUT2D eigenvalue weighted by atomic mass is 32.1. The van der Waals surface area contributed by atoms with Crippen molar-refractivity contribution in [3.8, 4) is 27.6 Å². The van der Waals surface area contributed by atoms with Gasteiger partial charge in [0.1, 0.15) is 16.6 Å². The van der Waals surface area contributed by atoms with E-state index in [2.05, 4.69) is 15.3 Å². The van der Waals surface area contributed by atoms with Gasteiger partial charge in [-0.2, -0.15) is 0 Å². The first kappa shape index (κ1) is 20.2. The van der Waals surface area contributed by atoms with Crippen LogP contribution in [0.4, 0.5) is 9.52 Å². The molecule has 0 aliphatic heterocycles. The van der Waals surface area contributed by atoms with E-state index in [4.69, 9.17) is 4.74 Å². The Balaban J connectivity index is 1.43. The summed E-state index contributed by atoms with van der Waals surface area (Å²) in [4.78, 5) is 22.5. The van der Waals surface area contributed by atoms with Crippen LogP contribution in [0.3, 0.4) is 0 Å². The van der Waals surface area contributed by atoms with Gasteiger partial charge < -0.3 is 10.1 Å². The molecule has 0 bridgehead atoms. The zero-order chi connectivity index (χ0) is 21.1. The highest BCUT2D eigenvalue weighted by molar-refractivity contribution is 7.16. The Kier molecular flexibility index (Phi) is 5.87.